The largest absolute Gasteiger partial charge is 0.457 e. The van der Waals surface area contributed by atoms with E-state index in [1.54, 1.807) is 24.3 Å². The lowest BCUT2D eigenvalue weighted by atomic mass is 10.2. The van der Waals surface area contributed by atoms with Crippen LogP contribution in [0.1, 0.15) is 6.92 Å². The average molecular weight is 392 g/mol. The van der Waals surface area contributed by atoms with Crippen LogP contribution in [0.25, 0.3) is 0 Å². The Morgan fingerprint density at radius 2 is 1.67 bits per heavy atom. The quantitative estimate of drug-likeness (QED) is 0.663. The first-order valence-corrected chi connectivity index (χ1v) is 10.3. The van der Waals surface area contributed by atoms with Crippen LogP contribution in [0.5, 0.6) is 11.5 Å². The van der Waals surface area contributed by atoms with Gasteiger partial charge in [-0.15, -0.1) is 0 Å². The van der Waals surface area contributed by atoms with Crippen molar-refractivity contribution >= 4 is 21.6 Å². The molecule has 27 heavy (non-hydrogen) atoms. The molecule has 0 heterocycles. The van der Waals surface area contributed by atoms with Crippen molar-refractivity contribution in [2.24, 2.45) is 0 Å². The van der Waals surface area contributed by atoms with Gasteiger partial charge in [-0.05, 0) is 43.3 Å². The molecule has 0 fully saturated rings. The summed E-state index contributed by atoms with van der Waals surface area (Å²) in [7, 11) is -2.14. The first-order chi connectivity index (χ1) is 12.8. The number of nitrogens with zero attached hydrogens (tertiary/aromatic N) is 1. The predicted octanol–water partition coefficient (Wildman–Crippen LogP) is 2.40. The highest BCUT2D eigenvalue weighted by Gasteiger charge is 2.28. The van der Waals surface area contributed by atoms with Crippen LogP contribution in [-0.2, 0) is 19.6 Å². The minimum Gasteiger partial charge on any atom is -0.457 e. The van der Waals surface area contributed by atoms with Crippen LogP contribution < -0.4 is 14.4 Å². The molecule has 2 rings (SSSR count). The summed E-state index contributed by atoms with van der Waals surface area (Å²) in [4.78, 5) is 12.3. The smallest absolute Gasteiger partial charge is 0.243 e. The third-order valence-electron chi connectivity index (χ3n) is 3.76. The Labute approximate surface area is 160 Å². The van der Waals surface area contributed by atoms with Crippen LogP contribution in [0.15, 0.2) is 54.6 Å². The number of benzene rings is 2. The molecule has 8 heteroatoms. The molecule has 0 saturated carbocycles. The molecule has 2 aromatic rings. The van der Waals surface area contributed by atoms with Crippen molar-refractivity contribution in [3.05, 3.63) is 54.6 Å². The fourth-order valence-electron chi connectivity index (χ4n) is 2.52. The fraction of sp³-hybridized carbons (Fsp3) is 0.316. The van der Waals surface area contributed by atoms with Crippen molar-refractivity contribution in [3.8, 4) is 11.5 Å². The molecule has 7 nitrogen and oxygen atoms in total. The molecule has 0 saturated heterocycles. The van der Waals surface area contributed by atoms with Gasteiger partial charge in [-0.2, -0.15) is 0 Å². The maximum Gasteiger partial charge on any atom is 0.243 e. The standard InChI is InChI=1S/C19H24N2O5S/c1-15(19(22)20-13-14-25-2)21(27(3,23)24)16-9-11-18(12-10-16)26-17-7-5-4-6-8-17/h4-12,15H,13-14H2,1-3H3,(H,20,22)/t15-/m1/s1. The van der Waals surface area contributed by atoms with Gasteiger partial charge in [0.25, 0.3) is 0 Å². The Morgan fingerprint density at radius 1 is 1.07 bits per heavy atom. The maximum atomic E-state index is 12.3. The summed E-state index contributed by atoms with van der Waals surface area (Å²) in [6, 6.07) is 14.9. The third-order valence-corrected chi connectivity index (χ3v) is 5.01. The second-order valence-corrected chi connectivity index (χ2v) is 7.79. The molecule has 146 valence electrons. The van der Waals surface area contributed by atoms with E-state index in [1.807, 2.05) is 30.3 Å². The van der Waals surface area contributed by atoms with Crippen molar-refractivity contribution < 1.29 is 22.7 Å². The Morgan fingerprint density at radius 3 is 2.22 bits per heavy atom. The summed E-state index contributed by atoms with van der Waals surface area (Å²) in [6.07, 6.45) is 1.07. The number of hydrogen-bond acceptors (Lipinski definition) is 5. The lowest BCUT2D eigenvalue weighted by molar-refractivity contribution is -0.122. The molecule has 1 N–H and O–H groups in total. The van der Waals surface area contributed by atoms with Gasteiger partial charge in [-0.3, -0.25) is 9.10 Å². The topological polar surface area (TPSA) is 84.9 Å². The number of sulfonamides is 1. The fourth-order valence-corrected chi connectivity index (χ4v) is 3.69. The predicted molar refractivity (Wildman–Crippen MR) is 105 cm³/mol. The summed E-state index contributed by atoms with van der Waals surface area (Å²) in [5.74, 6) is 0.841. The molecule has 0 aliphatic carbocycles. The van der Waals surface area contributed by atoms with E-state index in [4.69, 9.17) is 9.47 Å². The van der Waals surface area contributed by atoms with Crippen molar-refractivity contribution in [1.29, 1.82) is 0 Å². The molecule has 2 aromatic carbocycles. The second kappa shape index (κ2) is 9.38. The van der Waals surface area contributed by atoms with Crippen LogP contribution in [0.2, 0.25) is 0 Å². The van der Waals surface area contributed by atoms with Gasteiger partial charge in [-0.25, -0.2) is 8.42 Å². The summed E-state index contributed by atoms with van der Waals surface area (Å²) in [5.41, 5.74) is 0.382. The lowest BCUT2D eigenvalue weighted by Crippen LogP contribution is -2.48. The van der Waals surface area contributed by atoms with Crippen molar-refractivity contribution in [2.45, 2.75) is 13.0 Å². The molecule has 0 aliphatic rings. The van der Waals surface area contributed by atoms with Crippen LogP contribution in [0.4, 0.5) is 5.69 Å². The second-order valence-electron chi connectivity index (χ2n) is 5.93. The monoisotopic (exact) mass is 392 g/mol. The Bertz CT molecular complexity index is 838. The molecule has 1 amide bonds. The number of anilines is 1. The van der Waals surface area contributed by atoms with Crippen LogP contribution in [-0.4, -0.2) is 46.9 Å². The van der Waals surface area contributed by atoms with Gasteiger partial charge in [0.1, 0.15) is 17.5 Å². The third kappa shape index (κ3) is 5.97. The number of carbonyl (C=O) groups excluding carboxylic acids is 1. The SMILES string of the molecule is COCCNC(=O)[C@@H](C)N(c1ccc(Oc2ccccc2)cc1)S(C)(=O)=O. The lowest BCUT2D eigenvalue weighted by Gasteiger charge is -2.28. The average Bonchev–Trinajstić information content (AvgIpc) is 2.63. The van der Waals surface area contributed by atoms with E-state index in [1.165, 1.54) is 14.0 Å². The zero-order valence-electron chi connectivity index (χ0n) is 15.6. The zero-order chi connectivity index (χ0) is 19.9. The first-order valence-electron chi connectivity index (χ1n) is 8.42. The number of methoxy groups -OCH3 is 1. The normalized spacial score (nSPS) is 12.3. The number of para-hydroxylation sites is 1. The maximum absolute atomic E-state index is 12.3. The summed E-state index contributed by atoms with van der Waals surface area (Å²) >= 11 is 0. The summed E-state index contributed by atoms with van der Waals surface area (Å²) in [5, 5.41) is 2.65. The van der Waals surface area contributed by atoms with Crippen molar-refractivity contribution in [1.82, 2.24) is 5.32 Å². The number of amides is 1. The van der Waals surface area contributed by atoms with E-state index >= 15 is 0 Å². The zero-order valence-corrected chi connectivity index (χ0v) is 16.4. The van der Waals surface area contributed by atoms with Gasteiger partial charge in [-0.1, -0.05) is 18.2 Å². The van der Waals surface area contributed by atoms with Crippen LogP contribution in [0.3, 0.4) is 0 Å². The number of ether oxygens (including phenoxy) is 2. The van der Waals surface area contributed by atoms with Gasteiger partial charge >= 0.3 is 0 Å². The van der Waals surface area contributed by atoms with E-state index in [0.717, 1.165) is 10.6 Å². The van der Waals surface area contributed by atoms with Crippen LogP contribution >= 0.6 is 0 Å². The Balaban J connectivity index is 2.18. The molecular formula is C19H24N2O5S. The number of carbonyl (C=O) groups is 1. The van der Waals surface area contributed by atoms with E-state index in [0.29, 0.717) is 30.3 Å². The number of hydrogen-bond donors (Lipinski definition) is 1. The molecule has 0 bridgehead atoms. The van der Waals surface area contributed by atoms with E-state index in [2.05, 4.69) is 5.32 Å². The number of rotatable bonds is 9. The molecule has 0 aliphatic heterocycles. The number of nitrogens with one attached hydrogen (secondary N) is 1. The minimum absolute atomic E-state index is 0.307. The Kier molecular flexibility index (Phi) is 7.20. The van der Waals surface area contributed by atoms with Gasteiger partial charge < -0.3 is 14.8 Å². The Hall–Kier alpha value is -2.58. The van der Waals surface area contributed by atoms with Gasteiger partial charge in [0.05, 0.1) is 18.6 Å². The highest BCUT2D eigenvalue weighted by Crippen LogP contribution is 2.26. The molecule has 0 aromatic heterocycles. The molecular weight excluding hydrogens is 368 g/mol. The van der Waals surface area contributed by atoms with Gasteiger partial charge in [0.15, 0.2) is 0 Å². The van der Waals surface area contributed by atoms with Gasteiger partial charge in [0, 0.05) is 13.7 Å². The molecule has 0 spiro atoms. The molecule has 1 atom stereocenters. The summed E-state index contributed by atoms with van der Waals surface area (Å²) < 4.78 is 36.2. The molecule has 0 radical (unpaired) electrons. The minimum atomic E-state index is -3.66. The first kappa shape index (κ1) is 20.7. The van der Waals surface area contributed by atoms with E-state index < -0.39 is 22.0 Å². The van der Waals surface area contributed by atoms with Gasteiger partial charge in [0.2, 0.25) is 15.9 Å². The van der Waals surface area contributed by atoms with Crippen molar-refractivity contribution in [3.63, 3.8) is 0 Å². The summed E-state index contributed by atoms with van der Waals surface area (Å²) in [6.45, 7) is 2.20. The highest BCUT2D eigenvalue weighted by atomic mass is 32.2. The molecule has 0 unspecified atom stereocenters. The van der Waals surface area contributed by atoms with E-state index in [9.17, 15) is 13.2 Å². The van der Waals surface area contributed by atoms with Crippen molar-refractivity contribution in [2.75, 3.05) is 30.8 Å². The highest BCUT2D eigenvalue weighted by molar-refractivity contribution is 7.92. The van der Waals surface area contributed by atoms with E-state index in [-0.39, 0.29) is 0 Å². The van der Waals surface area contributed by atoms with Crippen LogP contribution in [0, 0.1) is 0 Å².